The predicted octanol–water partition coefficient (Wildman–Crippen LogP) is 1.25. The fourth-order valence-electron chi connectivity index (χ4n) is 2.10. The summed E-state index contributed by atoms with van der Waals surface area (Å²) in [5, 5.41) is 10.8. The summed E-state index contributed by atoms with van der Waals surface area (Å²) in [6.45, 7) is 6.09. The van der Waals surface area contributed by atoms with Gasteiger partial charge >= 0.3 is 5.97 Å². The fourth-order valence-corrected chi connectivity index (χ4v) is 2.10. The van der Waals surface area contributed by atoms with Crippen LogP contribution in [0.1, 0.15) is 62.1 Å². The van der Waals surface area contributed by atoms with E-state index in [1.807, 2.05) is 13.8 Å². The minimum Gasteiger partial charge on any atom is -0.461 e. The summed E-state index contributed by atoms with van der Waals surface area (Å²) in [6, 6.07) is 0.120. The lowest BCUT2D eigenvalue weighted by Gasteiger charge is -2.12. The van der Waals surface area contributed by atoms with Gasteiger partial charge in [-0.15, -0.1) is 5.10 Å². The number of amides is 1. The van der Waals surface area contributed by atoms with Crippen molar-refractivity contribution in [3.63, 3.8) is 0 Å². The Labute approximate surface area is 124 Å². The van der Waals surface area contributed by atoms with Gasteiger partial charge in [-0.2, -0.15) is 0 Å². The highest BCUT2D eigenvalue weighted by molar-refractivity contribution is 5.89. The van der Waals surface area contributed by atoms with Gasteiger partial charge < -0.3 is 10.1 Å². The maximum Gasteiger partial charge on any atom is 0.360 e. The lowest BCUT2D eigenvalue weighted by atomic mass is 10.2. The predicted molar refractivity (Wildman–Crippen MR) is 75.8 cm³/mol. The summed E-state index contributed by atoms with van der Waals surface area (Å²) in [7, 11) is 0. The van der Waals surface area contributed by atoms with Crippen LogP contribution in [0.4, 0.5) is 0 Å². The zero-order valence-electron chi connectivity index (χ0n) is 12.8. The zero-order chi connectivity index (χ0) is 15.4. The highest BCUT2D eigenvalue weighted by Gasteiger charge is 2.34. The van der Waals surface area contributed by atoms with Gasteiger partial charge in [-0.1, -0.05) is 12.1 Å². The third-order valence-corrected chi connectivity index (χ3v) is 3.52. The van der Waals surface area contributed by atoms with Crippen LogP contribution in [0, 0.1) is 0 Å². The second kappa shape index (κ2) is 6.69. The molecule has 1 aliphatic rings. The molecule has 0 radical (unpaired) electrons. The van der Waals surface area contributed by atoms with E-state index in [2.05, 4.69) is 15.6 Å². The molecular formula is C14H22N4O3. The van der Waals surface area contributed by atoms with Crippen LogP contribution in [0.3, 0.4) is 0 Å². The Morgan fingerprint density at radius 1 is 1.43 bits per heavy atom. The maximum absolute atomic E-state index is 12.0. The summed E-state index contributed by atoms with van der Waals surface area (Å²) < 4.78 is 6.52. The van der Waals surface area contributed by atoms with Gasteiger partial charge in [0.05, 0.1) is 12.3 Å². The molecule has 7 nitrogen and oxygen atoms in total. The molecule has 1 saturated carbocycles. The number of nitrogens with one attached hydrogen (secondary N) is 1. The number of ether oxygens (including phenoxy) is 1. The van der Waals surface area contributed by atoms with Crippen LogP contribution >= 0.6 is 0 Å². The molecule has 2 rings (SSSR count). The van der Waals surface area contributed by atoms with Gasteiger partial charge in [-0.25, -0.2) is 9.48 Å². The van der Waals surface area contributed by atoms with E-state index < -0.39 is 5.97 Å². The van der Waals surface area contributed by atoms with Gasteiger partial charge in [0.2, 0.25) is 5.91 Å². The molecule has 116 valence electrons. The highest BCUT2D eigenvalue weighted by atomic mass is 16.5. The molecule has 1 aromatic rings. The Hall–Kier alpha value is -1.92. The molecule has 21 heavy (non-hydrogen) atoms. The Morgan fingerprint density at radius 3 is 2.71 bits per heavy atom. The standard InChI is InChI=1S/C14H22N4O3/c1-4-9(3)15-11(19)8-18-13(10-6-7-10)12(16-17-18)14(20)21-5-2/h9-10H,4-8H2,1-3H3,(H,15,19). The number of aromatic nitrogens is 3. The topological polar surface area (TPSA) is 86.1 Å². The van der Waals surface area contributed by atoms with E-state index in [0.717, 1.165) is 25.0 Å². The molecule has 1 atom stereocenters. The van der Waals surface area contributed by atoms with Crippen molar-refractivity contribution < 1.29 is 14.3 Å². The van der Waals surface area contributed by atoms with Crippen molar-refractivity contribution in [1.29, 1.82) is 0 Å². The summed E-state index contributed by atoms with van der Waals surface area (Å²) in [5.41, 5.74) is 0.975. The average Bonchev–Trinajstić information content (AvgIpc) is 3.20. The molecule has 1 unspecified atom stereocenters. The van der Waals surface area contributed by atoms with Gasteiger partial charge in [0.1, 0.15) is 6.54 Å². The summed E-state index contributed by atoms with van der Waals surface area (Å²) in [4.78, 5) is 23.8. The van der Waals surface area contributed by atoms with Crippen molar-refractivity contribution in [1.82, 2.24) is 20.3 Å². The molecule has 0 bridgehead atoms. The first-order chi connectivity index (χ1) is 10.1. The van der Waals surface area contributed by atoms with Gasteiger partial charge in [-0.3, -0.25) is 4.79 Å². The van der Waals surface area contributed by atoms with Gasteiger partial charge in [0.25, 0.3) is 0 Å². The molecule has 0 saturated heterocycles. The summed E-state index contributed by atoms with van der Waals surface area (Å²) >= 11 is 0. The van der Waals surface area contributed by atoms with Crippen LogP contribution in [0.15, 0.2) is 0 Å². The minimum atomic E-state index is -0.465. The van der Waals surface area contributed by atoms with Gasteiger partial charge in [-0.05, 0) is 33.1 Å². The van der Waals surface area contributed by atoms with Crippen molar-refractivity contribution >= 4 is 11.9 Å². The van der Waals surface area contributed by atoms with E-state index in [9.17, 15) is 9.59 Å². The van der Waals surface area contributed by atoms with Crippen molar-refractivity contribution in [3.8, 4) is 0 Å². The molecule has 1 aliphatic carbocycles. The summed E-state index contributed by atoms with van der Waals surface area (Å²) in [5.74, 6) is -0.324. The summed E-state index contributed by atoms with van der Waals surface area (Å²) in [6.07, 6.45) is 2.85. The minimum absolute atomic E-state index is 0.0859. The first kappa shape index (κ1) is 15.5. The van der Waals surface area contributed by atoms with E-state index >= 15 is 0 Å². The quantitative estimate of drug-likeness (QED) is 0.765. The first-order valence-corrected chi connectivity index (χ1v) is 7.46. The van der Waals surface area contributed by atoms with Crippen LogP contribution in [-0.4, -0.2) is 39.5 Å². The van der Waals surface area contributed by atoms with Crippen molar-refractivity contribution in [2.45, 2.75) is 58.5 Å². The van der Waals surface area contributed by atoms with Crippen LogP contribution in [-0.2, 0) is 16.1 Å². The Balaban J connectivity index is 2.13. The van der Waals surface area contributed by atoms with Crippen molar-refractivity contribution in [3.05, 3.63) is 11.4 Å². The molecule has 1 N–H and O–H groups in total. The number of rotatable bonds is 7. The van der Waals surface area contributed by atoms with Crippen LogP contribution in [0.5, 0.6) is 0 Å². The van der Waals surface area contributed by atoms with E-state index in [-0.39, 0.29) is 30.1 Å². The van der Waals surface area contributed by atoms with Crippen molar-refractivity contribution in [2.24, 2.45) is 0 Å². The number of hydrogen-bond acceptors (Lipinski definition) is 5. The maximum atomic E-state index is 12.0. The lowest BCUT2D eigenvalue weighted by Crippen LogP contribution is -2.35. The number of nitrogens with zero attached hydrogens (tertiary/aromatic N) is 3. The van der Waals surface area contributed by atoms with E-state index in [1.165, 1.54) is 4.68 Å². The molecule has 0 aliphatic heterocycles. The molecule has 1 aromatic heterocycles. The smallest absolute Gasteiger partial charge is 0.360 e. The van der Waals surface area contributed by atoms with Crippen LogP contribution < -0.4 is 5.32 Å². The molecule has 1 amide bonds. The highest BCUT2D eigenvalue weighted by Crippen LogP contribution is 2.41. The Morgan fingerprint density at radius 2 is 2.14 bits per heavy atom. The third-order valence-electron chi connectivity index (χ3n) is 3.52. The number of carbonyl (C=O) groups is 2. The second-order valence-corrected chi connectivity index (χ2v) is 5.35. The van der Waals surface area contributed by atoms with Gasteiger partial charge in [0.15, 0.2) is 5.69 Å². The normalized spacial score (nSPS) is 15.6. The average molecular weight is 294 g/mol. The number of hydrogen-bond donors (Lipinski definition) is 1. The van der Waals surface area contributed by atoms with Crippen LogP contribution in [0.2, 0.25) is 0 Å². The molecule has 0 spiro atoms. The van der Waals surface area contributed by atoms with Crippen molar-refractivity contribution in [2.75, 3.05) is 6.61 Å². The second-order valence-electron chi connectivity index (χ2n) is 5.35. The first-order valence-electron chi connectivity index (χ1n) is 7.46. The Kier molecular flexibility index (Phi) is 4.93. The lowest BCUT2D eigenvalue weighted by molar-refractivity contribution is -0.122. The monoisotopic (exact) mass is 294 g/mol. The molecular weight excluding hydrogens is 272 g/mol. The molecule has 1 heterocycles. The van der Waals surface area contributed by atoms with Crippen LogP contribution in [0.25, 0.3) is 0 Å². The zero-order valence-corrected chi connectivity index (χ0v) is 12.8. The molecule has 7 heteroatoms. The van der Waals surface area contributed by atoms with Gasteiger partial charge in [0, 0.05) is 12.0 Å². The third kappa shape index (κ3) is 3.80. The SMILES string of the molecule is CCOC(=O)c1nnn(CC(=O)NC(C)CC)c1C1CC1. The van der Waals surface area contributed by atoms with E-state index in [1.54, 1.807) is 6.92 Å². The number of esters is 1. The largest absolute Gasteiger partial charge is 0.461 e. The van der Waals surface area contributed by atoms with E-state index in [4.69, 9.17) is 4.74 Å². The number of carbonyl (C=O) groups excluding carboxylic acids is 2. The van der Waals surface area contributed by atoms with E-state index in [0.29, 0.717) is 6.61 Å². The Bertz CT molecular complexity index is 522. The molecule has 1 fully saturated rings. The fraction of sp³-hybridized carbons (Fsp3) is 0.714. The molecule has 0 aromatic carbocycles.